The second kappa shape index (κ2) is 13.4. The summed E-state index contributed by atoms with van der Waals surface area (Å²) in [4.78, 5) is 22.2. The molecule has 0 aliphatic rings. The van der Waals surface area contributed by atoms with Crippen LogP contribution >= 0.6 is 0 Å². The van der Waals surface area contributed by atoms with E-state index in [2.05, 4.69) is 36.4 Å². The summed E-state index contributed by atoms with van der Waals surface area (Å²) >= 11 is 0.244. The number of allylic oxidation sites excluding steroid dienone is 1. The summed E-state index contributed by atoms with van der Waals surface area (Å²) in [5, 5.41) is 0. The van der Waals surface area contributed by atoms with Crippen molar-refractivity contribution < 1.29 is 19.3 Å². The maximum absolute atomic E-state index is 11.9. The van der Waals surface area contributed by atoms with Crippen LogP contribution in [-0.4, -0.2) is 33.1 Å². The van der Waals surface area contributed by atoms with E-state index in [0.29, 0.717) is 11.4 Å². The van der Waals surface area contributed by atoms with Gasteiger partial charge in [-0.05, 0) is 0 Å². The van der Waals surface area contributed by atoms with Crippen molar-refractivity contribution in [2.24, 2.45) is 0 Å². The minimum atomic E-state index is -0.517. The average Bonchev–Trinajstić information content (AvgIpc) is 2.73. The molecule has 0 N–H and O–H groups in total. The fourth-order valence-corrected chi connectivity index (χ4v) is 4.88. The Morgan fingerprint density at radius 3 is 2.33 bits per heavy atom. The predicted octanol–water partition coefficient (Wildman–Crippen LogP) is 5.02. The van der Waals surface area contributed by atoms with Gasteiger partial charge in [0.05, 0.1) is 0 Å². The van der Waals surface area contributed by atoms with E-state index in [4.69, 9.17) is 14.5 Å². The van der Waals surface area contributed by atoms with Crippen LogP contribution < -0.4 is 4.46 Å². The number of ether oxygens (including phenoxy) is 1. The molecule has 0 saturated carbocycles. The van der Waals surface area contributed by atoms with Gasteiger partial charge in [0.25, 0.3) is 0 Å². The molecule has 0 spiro atoms. The summed E-state index contributed by atoms with van der Waals surface area (Å²) in [5.74, 6) is -0.468. The summed E-state index contributed by atoms with van der Waals surface area (Å²) in [5.41, 5.74) is 0.679. The Labute approximate surface area is 186 Å². The number of benzene rings is 2. The van der Waals surface area contributed by atoms with Gasteiger partial charge in [-0.1, -0.05) is 0 Å². The fourth-order valence-electron chi connectivity index (χ4n) is 2.56. The topological polar surface area (TPSA) is 44.8 Å². The number of rotatable bonds is 12. The van der Waals surface area contributed by atoms with Gasteiger partial charge in [0.2, 0.25) is 0 Å². The maximum atomic E-state index is 11.9. The molecule has 2 aromatic carbocycles. The third-order valence-electron chi connectivity index (χ3n) is 3.99. The van der Waals surface area contributed by atoms with Gasteiger partial charge in [0, 0.05) is 0 Å². The Morgan fingerprint density at radius 2 is 1.67 bits per heavy atom. The van der Waals surface area contributed by atoms with Crippen molar-refractivity contribution in [2.45, 2.75) is 57.1 Å². The van der Waals surface area contributed by atoms with Crippen molar-refractivity contribution in [3.05, 3.63) is 78.4 Å². The quantitative estimate of drug-likeness (QED) is 0.142. The fraction of sp³-hybridized carbons (Fsp3) is 0.400. The zero-order valence-electron chi connectivity index (χ0n) is 18.1. The van der Waals surface area contributed by atoms with Crippen molar-refractivity contribution >= 4 is 25.4 Å². The van der Waals surface area contributed by atoms with Gasteiger partial charge >= 0.3 is 187 Å². The number of unbranched alkanes of at least 4 members (excludes halogenated alkanes) is 1. The van der Waals surface area contributed by atoms with E-state index in [-0.39, 0.29) is 15.0 Å². The third kappa shape index (κ3) is 11.3. The van der Waals surface area contributed by atoms with Crippen molar-refractivity contribution in [3.63, 3.8) is 0 Å². The molecule has 4 nitrogen and oxygen atoms in total. The van der Waals surface area contributed by atoms with E-state index in [1.165, 1.54) is 16.1 Å². The molecule has 0 bridgehead atoms. The minimum absolute atomic E-state index is 0.244. The van der Waals surface area contributed by atoms with E-state index in [0.717, 1.165) is 25.9 Å². The van der Waals surface area contributed by atoms with Crippen LogP contribution in [-0.2, 0) is 25.9 Å². The summed E-state index contributed by atoms with van der Waals surface area (Å²) in [6.07, 6.45) is 6.51. The molecule has 0 radical (unpaired) electrons. The van der Waals surface area contributed by atoms with Crippen molar-refractivity contribution in [1.29, 1.82) is 0 Å². The normalized spacial score (nSPS) is 12.8. The zero-order chi connectivity index (χ0) is 21.7. The standard InChI is InChI=1S/C25H32O4Se/c1-25(2,3)29-28-24(26)18-17-23(30-22-14-8-5-9-15-22)16-10-11-19-27-20-21-12-6-4-7-13-21/h4-9,12-15,17-18,23H,10-11,16,19-20H2,1-3H3/b18-17+/t23-/m0/s1. The van der Waals surface area contributed by atoms with Crippen LogP contribution in [0.4, 0.5) is 0 Å². The Balaban J connectivity index is 1.77. The van der Waals surface area contributed by atoms with Crippen LogP contribution in [0, 0.1) is 0 Å². The van der Waals surface area contributed by atoms with Gasteiger partial charge in [-0.2, -0.15) is 0 Å². The SMILES string of the molecule is CC(C)(C)OOC(=O)/C=C/[C@H](CCCCOCc1ccccc1)[Se]c1ccccc1. The molecule has 0 aromatic heterocycles. The van der Waals surface area contributed by atoms with Gasteiger partial charge in [0.1, 0.15) is 0 Å². The van der Waals surface area contributed by atoms with Crippen molar-refractivity contribution in [1.82, 2.24) is 0 Å². The number of carbonyl (C=O) groups is 1. The van der Waals surface area contributed by atoms with Crippen LogP contribution in [0.2, 0.25) is 4.82 Å². The van der Waals surface area contributed by atoms with Crippen molar-refractivity contribution in [3.8, 4) is 0 Å². The second-order valence-corrected chi connectivity index (χ2v) is 10.7. The predicted molar refractivity (Wildman–Crippen MR) is 122 cm³/mol. The molecule has 0 unspecified atom stereocenters. The molecule has 5 heteroatoms. The molecular formula is C25H32O4Se. The summed E-state index contributed by atoms with van der Waals surface area (Å²) in [6, 6.07) is 20.6. The molecule has 0 aliphatic carbocycles. The van der Waals surface area contributed by atoms with Gasteiger partial charge in [0.15, 0.2) is 0 Å². The Bertz CT molecular complexity index is 754. The molecule has 1 atom stereocenters. The molecule has 0 amide bonds. The van der Waals surface area contributed by atoms with Crippen LogP contribution in [0.25, 0.3) is 0 Å². The van der Waals surface area contributed by atoms with E-state index < -0.39 is 11.6 Å². The first-order valence-electron chi connectivity index (χ1n) is 10.3. The number of hydrogen-bond acceptors (Lipinski definition) is 4. The molecule has 0 fully saturated rings. The van der Waals surface area contributed by atoms with Gasteiger partial charge in [-0.25, -0.2) is 0 Å². The summed E-state index contributed by atoms with van der Waals surface area (Å²) in [7, 11) is 0. The van der Waals surface area contributed by atoms with E-state index >= 15 is 0 Å². The number of carbonyl (C=O) groups excluding carboxylic acids is 1. The summed E-state index contributed by atoms with van der Waals surface area (Å²) < 4.78 is 7.10. The van der Waals surface area contributed by atoms with Gasteiger partial charge < -0.3 is 0 Å². The van der Waals surface area contributed by atoms with E-state index in [9.17, 15) is 4.79 Å². The van der Waals surface area contributed by atoms with Gasteiger partial charge in [-0.3, -0.25) is 0 Å². The molecule has 2 aromatic rings. The average molecular weight is 475 g/mol. The Morgan fingerprint density at radius 1 is 1.00 bits per heavy atom. The first kappa shape index (κ1) is 24.4. The molecule has 30 heavy (non-hydrogen) atoms. The van der Waals surface area contributed by atoms with Crippen molar-refractivity contribution in [2.75, 3.05) is 6.61 Å². The van der Waals surface area contributed by atoms with Gasteiger partial charge in [-0.15, -0.1) is 0 Å². The Kier molecular flexibility index (Phi) is 10.9. The van der Waals surface area contributed by atoms with E-state index in [1.54, 1.807) is 0 Å². The molecule has 2 rings (SSSR count). The first-order valence-corrected chi connectivity index (χ1v) is 12.2. The van der Waals surface area contributed by atoms with E-state index in [1.807, 2.05) is 51.1 Å². The molecular weight excluding hydrogens is 443 g/mol. The number of hydrogen-bond donors (Lipinski definition) is 0. The van der Waals surface area contributed by atoms with Crippen LogP contribution in [0.5, 0.6) is 0 Å². The van der Waals surface area contributed by atoms with Crippen LogP contribution in [0.3, 0.4) is 0 Å². The van der Waals surface area contributed by atoms with Crippen LogP contribution in [0.15, 0.2) is 72.8 Å². The Hall–Kier alpha value is -1.91. The molecule has 162 valence electrons. The summed E-state index contributed by atoms with van der Waals surface area (Å²) in [6.45, 7) is 6.91. The third-order valence-corrected chi connectivity index (χ3v) is 6.59. The second-order valence-electron chi connectivity index (χ2n) is 7.96. The first-order chi connectivity index (χ1) is 14.4. The molecule has 0 saturated heterocycles. The molecule has 0 aliphatic heterocycles. The monoisotopic (exact) mass is 476 g/mol. The van der Waals surface area contributed by atoms with Crippen LogP contribution in [0.1, 0.15) is 45.6 Å². The molecule has 0 heterocycles. The zero-order valence-corrected chi connectivity index (χ0v) is 19.8.